The summed E-state index contributed by atoms with van der Waals surface area (Å²) < 4.78 is 26.9. The van der Waals surface area contributed by atoms with Gasteiger partial charge in [0.25, 0.3) is 0 Å². The van der Waals surface area contributed by atoms with Crippen molar-refractivity contribution in [3.8, 4) is 0 Å². The van der Waals surface area contributed by atoms with Crippen molar-refractivity contribution in [2.75, 3.05) is 13.6 Å². The van der Waals surface area contributed by atoms with Crippen LogP contribution in [0.25, 0.3) is 0 Å². The summed E-state index contributed by atoms with van der Waals surface area (Å²) in [6.07, 6.45) is -0.759. The van der Waals surface area contributed by atoms with Gasteiger partial charge in [-0.05, 0) is 38.5 Å². The number of nitrogens with zero attached hydrogens (tertiary/aromatic N) is 1. The molecule has 2 unspecified atom stereocenters. The number of sulfonamides is 1. The first-order valence-corrected chi connectivity index (χ1v) is 8.22. The predicted octanol–water partition coefficient (Wildman–Crippen LogP) is 0.885. The van der Waals surface area contributed by atoms with Crippen LogP contribution in [0.1, 0.15) is 32.4 Å². The van der Waals surface area contributed by atoms with E-state index in [1.807, 2.05) is 6.92 Å². The molecule has 1 amide bonds. The molecule has 0 fully saturated rings. The van der Waals surface area contributed by atoms with Gasteiger partial charge in [-0.2, -0.15) is 4.72 Å². The molecule has 21 heavy (non-hydrogen) atoms. The molecule has 0 radical (unpaired) electrons. The standard InChI is InChI=1S/C14H22N2O4S/c1-5-16(4)14(18)10(2)15-21(19,20)13-8-6-7-12(9-13)11(3)17/h6-11,15,17H,5H2,1-4H3. The number of aliphatic hydroxyl groups is 1. The summed E-state index contributed by atoms with van der Waals surface area (Å²) >= 11 is 0. The van der Waals surface area contributed by atoms with E-state index in [9.17, 15) is 18.3 Å². The van der Waals surface area contributed by atoms with Crippen molar-refractivity contribution >= 4 is 15.9 Å². The van der Waals surface area contributed by atoms with Gasteiger partial charge in [0.15, 0.2) is 0 Å². The molecular formula is C14H22N2O4S. The van der Waals surface area contributed by atoms with Crippen molar-refractivity contribution in [1.82, 2.24) is 9.62 Å². The molecule has 118 valence electrons. The molecule has 1 aromatic carbocycles. The van der Waals surface area contributed by atoms with Crippen LogP contribution in [0.4, 0.5) is 0 Å². The first-order valence-electron chi connectivity index (χ1n) is 6.74. The molecule has 0 heterocycles. The van der Waals surface area contributed by atoms with Crippen molar-refractivity contribution in [3.05, 3.63) is 29.8 Å². The number of carbonyl (C=O) groups is 1. The van der Waals surface area contributed by atoms with E-state index in [1.54, 1.807) is 26.1 Å². The smallest absolute Gasteiger partial charge is 0.241 e. The molecular weight excluding hydrogens is 292 g/mol. The molecule has 1 rings (SSSR count). The Labute approximate surface area is 125 Å². The number of aliphatic hydroxyl groups excluding tert-OH is 1. The first kappa shape index (κ1) is 17.6. The summed E-state index contributed by atoms with van der Waals surface area (Å²) in [6.45, 7) is 5.37. The number of hydrogen-bond acceptors (Lipinski definition) is 4. The number of nitrogens with one attached hydrogen (secondary N) is 1. The third-order valence-electron chi connectivity index (χ3n) is 3.20. The molecule has 6 nitrogen and oxygen atoms in total. The molecule has 0 aliphatic carbocycles. The van der Waals surface area contributed by atoms with E-state index in [2.05, 4.69) is 4.72 Å². The minimum Gasteiger partial charge on any atom is -0.389 e. The maximum atomic E-state index is 12.3. The van der Waals surface area contributed by atoms with Crippen LogP contribution >= 0.6 is 0 Å². The van der Waals surface area contributed by atoms with Gasteiger partial charge in [-0.3, -0.25) is 4.79 Å². The fraction of sp³-hybridized carbons (Fsp3) is 0.500. The second-order valence-corrected chi connectivity index (χ2v) is 6.66. The lowest BCUT2D eigenvalue weighted by Gasteiger charge is -2.20. The molecule has 0 saturated heterocycles. The summed E-state index contributed by atoms with van der Waals surface area (Å²) in [4.78, 5) is 13.4. The number of benzene rings is 1. The maximum Gasteiger partial charge on any atom is 0.241 e. The van der Waals surface area contributed by atoms with Crippen molar-refractivity contribution in [2.24, 2.45) is 0 Å². The molecule has 0 aliphatic heterocycles. The number of likely N-dealkylation sites (N-methyl/N-ethyl adjacent to an activating group) is 1. The predicted molar refractivity (Wildman–Crippen MR) is 80.2 cm³/mol. The average molecular weight is 314 g/mol. The van der Waals surface area contributed by atoms with Crippen LogP contribution in [0.15, 0.2) is 29.2 Å². The van der Waals surface area contributed by atoms with E-state index in [0.29, 0.717) is 12.1 Å². The van der Waals surface area contributed by atoms with Gasteiger partial charge in [-0.1, -0.05) is 12.1 Å². The third-order valence-corrected chi connectivity index (χ3v) is 4.74. The van der Waals surface area contributed by atoms with E-state index < -0.39 is 22.2 Å². The topological polar surface area (TPSA) is 86.7 Å². The van der Waals surface area contributed by atoms with E-state index >= 15 is 0 Å². The van der Waals surface area contributed by atoms with Crippen LogP contribution in [0.2, 0.25) is 0 Å². The van der Waals surface area contributed by atoms with Gasteiger partial charge >= 0.3 is 0 Å². The lowest BCUT2D eigenvalue weighted by molar-refractivity contribution is -0.131. The summed E-state index contributed by atoms with van der Waals surface area (Å²) in [5.74, 6) is -0.298. The van der Waals surface area contributed by atoms with Gasteiger partial charge in [0, 0.05) is 13.6 Å². The SMILES string of the molecule is CCN(C)C(=O)C(C)NS(=O)(=O)c1cccc(C(C)O)c1. The number of amides is 1. The Morgan fingerprint density at radius 2 is 2.00 bits per heavy atom. The quantitative estimate of drug-likeness (QED) is 0.816. The van der Waals surface area contributed by atoms with Crippen LogP contribution in [0.3, 0.4) is 0 Å². The highest BCUT2D eigenvalue weighted by molar-refractivity contribution is 7.89. The largest absolute Gasteiger partial charge is 0.389 e. The molecule has 0 saturated carbocycles. The Morgan fingerprint density at radius 1 is 1.38 bits per heavy atom. The van der Waals surface area contributed by atoms with Crippen molar-refractivity contribution in [2.45, 2.75) is 37.8 Å². The molecule has 7 heteroatoms. The Morgan fingerprint density at radius 3 is 2.52 bits per heavy atom. The second kappa shape index (κ2) is 7.02. The zero-order valence-corrected chi connectivity index (χ0v) is 13.5. The fourth-order valence-corrected chi connectivity index (χ4v) is 3.03. The van der Waals surface area contributed by atoms with Crippen LogP contribution in [-0.4, -0.2) is 44.0 Å². The maximum absolute atomic E-state index is 12.3. The monoisotopic (exact) mass is 314 g/mol. The highest BCUT2D eigenvalue weighted by atomic mass is 32.2. The summed E-state index contributed by atoms with van der Waals surface area (Å²) in [5, 5.41) is 9.51. The number of rotatable bonds is 6. The second-order valence-electron chi connectivity index (χ2n) is 4.94. The Kier molecular flexibility index (Phi) is 5.88. The van der Waals surface area contributed by atoms with Gasteiger partial charge in [0.05, 0.1) is 17.0 Å². The summed E-state index contributed by atoms with van der Waals surface area (Å²) in [5.41, 5.74) is 0.502. The molecule has 2 atom stereocenters. The van der Waals surface area contributed by atoms with Crippen molar-refractivity contribution in [3.63, 3.8) is 0 Å². The number of hydrogen-bond donors (Lipinski definition) is 2. The van der Waals surface area contributed by atoms with E-state index in [-0.39, 0.29) is 10.8 Å². The van der Waals surface area contributed by atoms with Gasteiger partial charge in [0.2, 0.25) is 15.9 Å². The van der Waals surface area contributed by atoms with Crippen molar-refractivity contribution in [1.29, 1.82) is 0 Å². The van der Waals surface area contributed by atoms with Gasteiger partial charge in [0.1, 0.15) is 0 Å². The van der Waals surface area contributed by atoms with Crippen LogP contribution in [-0.2, 0) is 14.8 Å². The van der Waals surface area contributed by atoms with Gasteiger partial charge < -0.3 is 10.0 Å². The van der Waals surface area contributed by atoms with E-state index in [1.165, 1.54) is 24.0 Å². The van der Waals surface area contributed by atoms with Crippen LogP contribution in [0, 0.1) is 0 Å². The molecule has 2 N–H and O–H groups in total. The van der Waals surface area contributed by atoms with Gasteiger partial charge in [-0.25, -0.2) is 8.42 Å². The Hall–Kier alpha value is -1.44. The minimum atomic E-state index is -3.81. The van der Waals surface area contributed by atoms with E-state index in [4.69, 9.17) is 0 Å². The highest BCUT2D eigenvalue weighted by Gasteiger charge is 2.24. The van der Waals surface area contributed by atoms with Crippen molar-refractivity contribution < 1.29 is 18.3 Å². The molecule has 0 spiro atoms. The summed E-state index contributed by atoms with van der Waals surface area (Å²) in [7, 11) is -2.20. The zero-order chi connectivity index (χ0) is 16.2. The lowest BCUT2D eigenvalue weighted by Crippen LogP contribution is -2.45. The fourth-order valence-electron chi connectivity index (χ4n) is 1.78. The molecule has 0 aromatic heterocycles. The Bertz CT molecular complexity index is 599. The number of carbonyl (C=O) groups excluding carboxylic acids is 1. The first-order chi connectivity index (χ1) is 9.69. The molecule has 0 bridgehead atoms. The minimum absolute atomic E-state index is 0.0275. The average Bonchev–Trinajstić information content (AvgIpc) is 2.45. The highest BCUT2D eigenvalue weighted by Crippen LogP contribution is 2.17. The third kappa shape index (κ3) is 4.52. The lowest BCUT2D eigenvalue weighted by atomic mass is 10.1. The zero-order valence-electron chi connectivity index (χ0n) is 12.7. The normalized spacial score (nSPS) is 14.5. The molecule has 0 aliphatic rings. The molecule has 1 aromatic rings. The summed E-state index contributed by atoms with van der Waals surface area (Å²) in [6, 6.07) is 5.17. The van der Waals surface area contributed by atoms with Crippen LogP contribution < -0.4 is 4.72 Å². The van der Waals surface area contributed by atoms with Gasteiger partial charge in [-0.15, -0.1) is 0 Å². The Balaban J connectivity index is 2.96. The van der Waals surface area contributed by atoms with E-state index in [0.717, 1.165) is 0 Å². The van der Waals surface area contributed by atoms with Crippen LogP contribution in [0.5, 0.6) is 0 Å².